The fourth-order valence-electron chi connectivity index (χ4n) is 2.23. The number of carbonyl (C=O) groups is 1. The quantitative estimate of drug-likeness (QED) is 0.775. The van der Waals surface area contributed by atoms with E-state index >= 15 is 0 Å². The van der Waals surface area contributed by atoms with E-state index in [2.05, 4.69) is 26.0 Å². The van der Waals surface area contributed by atoms with E-state index in [-0.39, 0.29) is 10.8 Å². The number of halogens is 1. The fraction of sp³-hybridized carbons (Fsp3) is 0.278. The smallest absolute Gasteiger partial charge is 0.256 e. The third kappa shape index (κ3) is 5.14. The number of hydrogen-bond acceptors (Lipinski definition) is 3. The minimum Gasteiger partial charge on any atom is -0.321 e. The normalized spacial score (nSPS) is 12.0. The molecule has 0 saturated carbocycles. The molecule has 5 nitrogen and oxygen atoms in total. The number of benzene rings is 2. The van der Waals surface area contributed by atoms with Crippen molar-refractivity contribution in [2.24, 2.45) is 0 Å². The second-order valence-electron chi connectivity index (χ2n) is 6.77. The molecule has 2 aromatic rings. The van der Waals surface area contributed by atoms with E-state index in [1.54, 1.807) is 45.9 Å². The highest BCUT2D eigenvalue weighted by Gasteiger charge is 2.23. The lowest BCUT2D eigenvalue weighted by molar-refractivity contribution is 0.102. The van der Waals surface area contributed by atoms with E-state index in [1.807, 2.05) is 12.1 Å². The van der Waals surface area contributed by atoms with E-state index in [9.17, 15) is 13.2 Å². The number of sulfonamides is 1. The molecule has 1 amide bonds. The van der Waals surface area contributed by atoms with Gasteiger partial charge in [0.2, 0.25) is 10.0 Å². The zero-order valence-electron chi connectivity index (χ0n) is 14.6. The molecule has 0 saturated heterocycles. The minimum atomic E-state index is -3.71. The lowest BCUT2D eigenvalue weighted by Crippen LogP contribution is -2.40. The highest BCUT2D eigenvalue weighted by molar-refractivity contribution is 9.10. The van der Waals surface area contributed by atoms with Crippen LogP contribution in [0.5, 0.6) is 0 Å². The molecule has 0 aliphatic rings. The molecule has 0 aromatic heterocycles. The second kappa shape index (κ2) is 7.27. The maximum Gasteiger partial charge on any atom is 0.256 e. The largest absolute Gasteiger partial charge is 0.321 e. The molecule has 134 valence electrons. The monoisotopic (exact) mass is 424 g/mol. The molecule has 0 heterocycles. The fourth-order valence-corrected chi connectivity index (χ4v) is 4.06. The van der Waals surface area contributed by atoms with Crippen molar-refractivity contribution >= 4 is 37.5 Å². The summed E-state index contributed by atoms with van der Waals surface area (Å²) in [6, 6.07) is 11.8. The molecule has 0 aliphatic carbocycles. The SMILES string of the molecule is Cc1ccc(S(=O)(=O)NC(C)(C)C)cc1C(=O)Nc1ccccc1Br. The van der Waals surface area contributed by atoms with Crippen LogP contribution < -0.4 is 10.0 Å². The van der Waals surface area contributed by atoms with Gasteiger partial charge in [0.25, 0.3) is 5.91 Å². The van der Waals surface area contributed by atoms with Crippen LogP contribution in [0.15, 0.2) is 51.8 Å². The van der Waals surface area contributed by atoms with E-state index in [0.717, 1.165) is 4.47 Å². The van der Waals surface area contributed by atoms with Crippen LogP contribution in [0.1, 0.15) is 36.7 Å². The van der Waals surface area contributed by atoms with Crippen LogP contribution in [0.4, 0.5) is 5.69 Å². The topological polar surface area (TPSA) is 75.3 Å². The summed E-state index contributed by atoms with van der Waals surface area (Å²) in [5.74, 6) is -0.364. The van der Waals surface area contributed by atoms with Crippen molar-refractivity contribution in [1.29, 1.82) is 0 Å². The molecule has 0 spiro atoms. The molecule has 2 aromatic carbocycles. The molecule has 0 unspecified atom stereocenters. The zero-order chi connectivity index (χ0) is 18.8. The lowest BCUT2D eigenvalue weighted by Gasteiger charge is -2.20. The summed E-state index contributed by atoms with van der Waals surface area (Å²) in [7, 11) is -3.71. The van der Waals surface area contributed by atoms with Crippen molar-refractivity contribution < 1.29 is 13.2 Å². The first-order chi connectivity index (χ1) is 11.5. The van der Waals surface area contributed by atoms with Gasteiger partial charge in [0.1, 0.15) is 0 Å². The number of carbonyl (C=O) groups excluding carboxylic acids is 1. The summed E-state index contributed by atoms with van der Waals surface area (Å²) in [5, 5.41) is 2.79. The molecule has 0 bridgehead atoms. The van der Waals surface area contributed by atoms with Gasteiger partial charge in [-0.15, -0.1) is 0 Å². The van der Waals surface area contributed by atoms with Gasteiger partial charge in [0.15, 0.2) is 0 Å². The minimum absolute atomic E-state index is 0.0605. The van der Waals surface area contributed by atoms with Gasteiger partial charge in [-0.25, -0.2) is 13.1 Å². The molecule has 7 heteroatoms. The Labute approximate surface area is 157 Å². The van der Waals surface area contributed by atoms with Gasteiger partial charge < -0.3 is 5.32 Å². The summed E-state index contributed by atoms with van der Waals surface area (Å²) in [6.45, 7) is 7.06. The molecule has 0 atom stereocenters. The molecule has 2 rings (SSSR count). The second-order valence-corrected chi connectivity index (χ2v) is 9.30. The lowest BCUT2D eigenvalue weighted by atomic mass is 10.1. The Morgan fingerprint density at radius 2 is 1.72 bits per heavy atom. The van der Waals surface area contributed by atoms with Crippen molar-refractivity contribution in [2.75, 3.05) is 5.32 Å². The number of para-hydroxylation sites is 1. The van der Waals surface area contributed by atoms with Crippen molar-refractivity contribution in [2.45, 2.75) is 38.1 Å². The highest BCUT2D eigenvalue weighted by atomic mass is 79.9. The molecular formula is C18H21BrN2O3S. The van der Waals surface area contributed by atoms with Crippen molar-refractivity contribution in [1.82, 2.24) is 4.72 Å². The van der Waals surface area contributed by atoms with Gasteiger partial charge in [-0.1, -0.05) is 18.2 Å². The number of nitrogens with one attached hydrogen (secondary N) is 2. The van der Waals surface area contributed by atoms with E-state index in [0.29, 0.717) is 16.8 Å². The molecule has 0 fully saturated rings. The Morgan fingerprint density at radius 1 is 1.08 bits per heavy atom. The summed E-state index contributed by atoms with van der Waals surface area (Å²) in [5.41, 5.74) is 1.01. The van der Waals surface area contributed by atoms with Crippen LogP contribution in [0.25, 0.3) is 0 Å². The Morgan fingerprint density at radius 3 is 2.32 bits per heavy atom. The van der Waals surface area contributed by atoms with Crippen molar-refractivity contribution in [3.8, 4) is 0 Å². The summed E-state index contributed by atoms with van der Waals surface area (Å²) in [4.78, 5) is 12.7. The van der Waals surface area contributed by atoms with Crippen LogP contribution in [0.2, 0.25) is 0 Å². The van der Waals surface area contributed by atoms with Gasteiger partial charge in [-0.2, -0.15) is 0 Å². The molecule has 0 radical (unpaired) electrons. The number of rotatable bonds is 4. The predicted octanol–water partition coefficient (Wildman–Crippen LogP) is 4.09. The first kappa shape index (κ1) is 19.6. The standard InChI is InChI=1S/C18H21BrN2O3S/c1-12-9-10-13(25(23,24)21-18(2,3)4)11-14(12)17(22)20-16-8-6-5-7-15(16)19/h5-11,21H,1-4H3,(H,20,22). The van der Waals surface area contributed by atoms with Gasteiger partial charge in [-0.05, 0) is 73.5 Å². The van der Waals surface area contributed by atoms with Crippen LogP contribution in [-0.2, 0) is 10.0 Å². The van der Waals surface area contributed by atoms with Gasteiger partial charge in [0, 0.05) is 15.6 Å². The van der Waals surface area contributed by atoms with Gasteiger partial charge in [0.05, 0.1) is 10.6 Å². The molecule has 25 heavy (non-hydrogen) atoms. The average molecular weight is 425 g/mol. The number of aryl methyl sites for hydroxylation is 1. The summed E-state index contributed by atoms with van der Waals surface area (Å²) in [6.07, 6.45) is 0. The van der Waals surface area contributed by atoms with E-state index in [1.165, 1.54) is 12.1 Å². The maximum atomic E-state index is 12.6. The molecular weight excluding hydrogens is 404 g/mol. The van der Waals surface area contributed by atoms with Crippen LogP contribution in [0, 0.1) is 6.92 Å². The summed E-state index contributed by atoms with van der Waals surface area (Å²) >= 11 is 3.37. The predicted molar refractivity (Wildman–Crippen MR) is 103 cm³/mol. The maximum absolute atomic E-state index is 12.6. The number of anilines is 1. The third-order valence-corrected chi connectivity index (χ3v) is 5.77. The van der Waals surface area contributed by atoms with E-state index < -0.39 is 15.6 Å². The highest BCUT2D eigenvalue weighted by Crippen LogP contribution is 2.23. The number of hydrogen-bond donors (Lipinski definition) is 2. The van der Waals surface area contributed by atoms with Crippen LogP contribution >= 0.6 is 15.9 Å². The Balaban J connectivity index is 2.36. The first-order valence-corrected chi connectivity index (χ1v) is 9.98. The molecule has 0 aliphatic heterocycles. The molecule has 2 N–H and O–H groups in total. The first-order valence-electron chi connectivity index (χ1n) is 7.70. The van der Waals surface area contributed by atoms with Gasteiger partial charge in [-0.3, -0.25) is 4.79 Å². The van der Waals surface area contributed by atoms with E-state index in [4.69, 9.17) is 0 Å². The average Bonchev–Trinajstić information content (AvgIpc) is 2.47. The van der Waals surface area contributed by atoms with Crippen LogP contribution in [0.3, 0.4) is 0 Å². The summed E-state index contributed by atoms with van der Waals surface area (Å²) < 4.78 is 28.3. The zero-order valence-corrected chi connectivity index (χ0v) is 17.0. The van der Waals surface area contributed by atoms with Crippen molar-refractivity contribution in [3.05, 3.63) is 58.1 Å². The van der Waals surface area contributed by atoms with Crippen molar-refractivity contribution in [3.63, 3.8) is 0 Å². The Hall–Kier alpha value is -1.70. The van der Waals surface area contributed by atoms with Crippen LogP contribution in [-0.4, -0.2) is 19.9 Å². The van der Waals surface area contributed by atoms with Gasteiger partial charge >= 0.3 is 0 Å². The third-order valence-electron chi connectivity index (χ3n) is 3.33. The number of amides is 1. The Kier molecular flexibility index (Phi) is 5.71. The Bertz CT molecular complexity index is 903.